The summed E-state index contributed by atoms with van der Waals surface area (Å²) in [5.41, 5.74) is 2.48. The monoisotopic (exact) mass is 418 g/mol. The molecule has 0 spiro atoms. The van der Waals surface area contributed by atoms with Gasteiger partial charge in [-0.1, -0.05) is 28.9 Å². The van der Waals surface area contributed by atoms with Gasteiger partial charge in [0.05, 0.1) is 13.1 Å². The van der Waals surface area contributed by atoms with Crippen molar-refractivity contribution in [2.24, 2.45) is 4.99 Å². The van der Waals surface area contributed by atoms with Gasteiger partial charge in [-0.05, 0) is 43.5 Å². The van der Waals surface area contributed by atoms with Crippen LogP contribution in [0.3, 0.4) is 0 Å². The predicted molar refractivity (Wildman–Crippen MR) is 108 cm³/mol. The summed E-state index contributed by atoms with van der Waals surface area (Å²) in [6.45, 7) is 8.64. The number of benzene rings is 1. The Bertz CT molecular complexity index is 782. The fraction of sp³-hybridized carbons (Fsp3) is 0.526. The quantitative estimate of drug-likeness (QED) is 0.578. The predicted octanol–water partition coefficient (Wildman–Crippen LogP) is 2.98. The number of hydrogen-bond donors (Lipinski definition) is 2. The van der Waals surface area contributed by atoms with Gasteiger partial charge in [0.1, 0.15) is 5.82 Å². The minimum absolute atomic E-state index is 0.317. The van der Waals surface area contributed by atoms with Gasteiger partial charge in [-0.25, -0.2) is 14.7 Å². The second-order valence-electron chi connectivity index (χ2n) is 6.63. The third-order valence-corrected chi connectivity index (χ3v) is 5.11. The molecule has 1 unspecified atom stereocenters. The second-order valence-corrected chi connectivity index (χ2v) is 7.54. The summed E-state index contributed by atoms with van der Waals surface area (Å²) in [5, 5.41) is 11.5. The van der Waals surface area contributed by atoms with Crippen molar-refractivity contribution >= 4 is 21.9 Å². The van der Waals surface area contributed by atoms with Crippen molar-refractivity contribution in [3.05, 3.63) is 45.4 Å². The van der Waals surface area contributed by atoms with E-state index in [0.717, 1.165) is 54.4 Å². The number of aromatic nitrogens is 3. The molecule has 7 heteroatoms. The minimum atomic E-state index is 0.317. The maximum absolute atomic E-state index is 4.78. The smallest absolute Gasteiger partial charge is 0.191 e. The number of nitrogens with one attached hydrogen (secondary N) is 2. The maximum atomic E-state index is 4.78. The number of hydrogen-bond acceptors (Lipinski definition) is 3. The van der Waals surface area contributed by atoms with Gasteiger partial charge in [-0.2, -0.15) is 5.10 Å². The molecule has 1 aromatic carbocycles. The van der Waals surface area contributed by atoms with E-state index in [2.05, 4.69) is 75.6 Å². The van der Waals surface area contributed by atoms with E-state index in [1.54, 1.807) is 0 Å². The Morgan fingerprint density at radius 2 is 2.23 bits per heavy atom. The standard InChI is InChI=1S/C19H27BrN6/c1-4-17-24-18-9-8-16(12-26(18)25-17)23-19(21-5-2)22-11-14-6-7-15(20)10-13(14)3/h6-7,10,16H,4-5,8-9,11-12H2,1-3H3,(H2,21,22,23). The lowest BCUT2D eigenvalue weighted by atomic mass is 10.1. The van der Waals surface area contributed by atoms with Crippen LogP contribution in [0.5, 0.6) is 0 Å². The van der Waals surface area contributed by atoms with E-state index in [1.165, 1.54) is 11.1 Å². The molecule has 0 amide bonds. The summed E-state index contributed by atoms with van der Waals surface area (Å²) in [6, 6.07) is 6.64. The van der Waals surface area contributed by atoms with Crippen LogP contribution in [-0.2, 0) is 25.9 Å². The van der Waals surface area contributed by atoms with Gasteiger partial charge < -0.3 is 10.6 Å². The van der Waals surface area contributed by atoms with Crippen molar-refractivity contribution in [1.82, 2.24) is 25.4 Å². The Hall–Kier alpha value is -1.89. The molecule has 0 saturated carbocycles. The zero-order valence-electron chi connectivity index (χ0n) is 15.7. The van der Waals surface area contributed by atoms with Gasteiger partial charge in [-0.15, -0.1) is 0 Å². The fourth-order valence-electron chi connectivity index (χ4n) is 3.14. The fourth-order valence-corrected chi connectivity index (χ4v) is 3.62. The average Bonchev–Trinajstić information content (AvgIpc) is 3.03. The number of aliphatic imine (C=N–C) groups is 1. The van der Waals surface area contributed by atoms with Crippen molar-refractivity contribution in [2.45, 2.75) is 59.2 Å². The molecule has 2 N–H and O–H groups in total. The normalized spacial score (nSPS) is 17.1. The van der Waals surface area contributed by atoms with E-state index < -0.39 is 0 Å². The molecule has 3 rings (SSSR count). The van der Waals surface area contributed by atoms with Crippen molar-refractivity contribution in [1.29, 1.82) is 0 Å². The van der Waals surface area contributed by atoms with Crippen LogP contribution >= 0.6 is 15.9 Å². The molecule has 1 aliphatic heterocycles. The van der Waals surface area contributed by atoms with E-state index in [1.807, 2.05) is 4.68 Å². The van der Waals surface area contributed by atoms with Crippen LogP contribution in [0.25, 0.3) is 0 Å². The number of guanidine groups is 1. The van der Waals surface area contributed by atoms with Crippen LogP contribution < -0.4 is 10.6 Å². The van der Waals surface area contributed by atoms with Crippen molar-refractivity contribution in [2.75, 3.05) is 6.54 Å². The Morgan fingerprint density at radius 3 is 2.96 bits per heavy atom. The average molecular weight is 419 g/mol. The van der Waals surface area contributed by atoms with Crippen molar-refractivity contribution < 1.29 is 0 Å². The first-order valence-corrected chi connectivity index (χ1v) is 10.1. The zero-order chi connectivity index (χ0) is 18.5. The SMILES string of the molecule is CCNC(=NCc1ccc(Br)cc1C)NC1CCc2nc(CC)nn2C1. The Morgan fingerprint density at radius 1 is 1.38 bits per heavy atom. The Kier molecular flexibility index (Phi) is 6.29. The van der Waals surface area contributed by atoms with E-state index in [-0.39, 0.29) is 0 Å². The Labute approximate surface area is 163 Å². The molecule has 0 bridgehead atoms. The van der Waals surface area contributed by atoms with Gasteiger partial charge in [-0.3, -0.25) is 0 Å². The molecule has 6 nitrogen and oxygen atoms in total. The number of aryl methyl sites for hydroxylation is 3. The Balaban J connectivity index is 1.66. The molecule has 1 aliphatic rings. The zero-order valence-corrected chi connectivity index (χ0v) is 17.3. The first-order chi connectivity index (χ1) is 12.6. The summed E-state index contributed by atoms with van der Waals surface area (Å²) < 4.78 is 3.15. The molecular weight excluding hydrogens is 392 g/mol. The molecule has 0 saturated heterocycles. The summed E-state index contributed by atoms with van der Waals surface area (Å²) in [7, 11) is 0. The first kappa shape index (κ1) is 18.9. The summed E-state index contributed by atoms with van der Waals surface area (Å²) in [5.74, 6) is 2.90. The van der Waals surface area contributed by atoms with Crippen LogP contribution in [0.1, 0.15) is 43.0 Å². The molecule has 2 heterocycles. The molecule has 140 valence electrons. The maximum Gasteiger partial charge on any atom is 0.191 e. The molecule has 0 radical (unpaired) electrons. The van der Waals surface area contributed by atoms with Crippen molar-refractivity contribution in [3.63, 3.8) is 0 Å². The molecular formula is C19H27BrN6. The number of rotatable bonds is 5. The molecule has 1 atom stereocenters. The third kappa shape index (κ3) is 4.63. The van der Waals surface area contributed by atoms with Gasteiger partial charge in [0.25, 0.3) is 0 Å². The van der Waals surface area contributed by atoms with Gasteiger partial charge in [0.15, 0.2) is 11.8 Å². The highest BCUT2D eigenvalue weighted by molar-refractivity contribution is 9.10. The van der Waals surface area contributed by atoms with Gasteiger partial charge >= 0.3 is 0 Å². The minimum Gasteiger partial charge on any atom is -0.357 e. The molecule has 0 fully saturated rings. The third-order valence-electron chi connectivity index (χ3n) is 4.62. The highest BCUT2D eigenvalue weighted by atomic mass is 79.9. The van der Waals surface area contributed by atoms with Gasteiger partial charge in [0.2, 0.25) is 0 Å². The van der Waals surface area contributed by atoms with Crippen LogP contribution in [0.15, 0.2) is 27.7 Å². The van der Waals surface area contributed by atoms with Gasteiger partial charge in [0, 0.05) is 29.9 Å². The largest absolute Gasteiger partial charge is 0.357 e. The first-order valence-electron chi connectivity index (χ1n) is 9.31. The highest BCUT2D eigenvalue weighted by Crippen LogP contribution is 2.17. The molecule has 0 aliphatic carbocycles. The number of nitrogens with zero attached hydrogens (tertiary/aromatic N) is 4. The van der Waals surface area contributed by atoms with E-state index in [9.17, 15) is 0 Å². The molecule has 1 aromatic heterocycles. The van der Waals surface area contributed by atoms with Crippen LogP contribution in [0, 0.1) is 6.92 Å². The van der Waals surface area contributed by atoms with Crippen LogP contribution in [-0.4, -0.2) is 33.3 Å². The van der Waals surface area contributed by atoms with Crippen LogP contribution in [0.2, 0.25) is 0 Å². The summed E-state index contributed by atoms with van der Waals surface area (Å²) >= 11 is 3.51. The van der Waals surface area contributed by atoms with Crippen LogP contribution in [0.4, 0.5) is 0 Å². The highest BCUT2D eigenvalue weighted by Gasteiger charge is 2.22. The van der Waals surface area contributed by atoms with Crippen molar-refractivity contribution in [3.8, 4) is 0 Å². The molecule has 26 heavy (non-hydrogen) atoms. The lowest BCUT2D eigenvalue weighted by Crippen LogP contribution is -2.47. The lowest BCUT2D eigenvalue weighted by molar-refractivity contribution is 0.392. The van der Waals surface area contributed by atoms with E-state index in [4.69, 9.17) is 4.99 Å². The topological polar surface area (TPSA) is 67.1 Å². The summed E-state index contributed by atoms with van der Waals surface area (Å²) in [6.07, 6.45) is 2.88. The molecule has 2 aromatic rings. The lowest BCUT2D eigenvalue weighted by Gasteiger charge is -2.25. The van der Waals surface area contributed by atoms with E-state index >= 15 is 0 Å². The summed E-state index contributed by atoms with van der Waals surface area (Å²) in [4.78, 5) is 9.37. The number of halogens is 1. The second kappa shape index (κ2) is 8.66. The number of fused-ring (bicyclic) bond motifs is 1. The van der Waals surface area contributed by atoms with E-state index in [0.29, 0.717) is 12.6 Å².